The van der Waals surface area contributed by atoms with Gasteiger partial charge in [0.1, 0.15) is 0 Å². The fraction of sp³-hybridized carbons (Fsp3) is 0.500. The van der Waals surface area contributed by atoms with Gasteiger partial charge in [0.05, 0.1) is 6.04 Å². The molecule has 0 amide bonds. The molecule has 1 aromatic heterocycles. The molecular formula is C14H22N4. The van der Waals surface area contributed by atoms with Crippen LogP contribution in [0.15, 0.2) is 24.3 Å². The van der Waals surface area contributed by atoms with Crippen LogP contribution < -0.4 is 0 Å². The zero-order chi connectivity index (χ0) is 13.5. The van der Waals surface area contributed by atoms with Crippen LogP contribution in [0.4, 0.5) is 0 Å². The predicted octanol–water partition coefficient (Wildman–Crippen LogP) is 3.65. The quantitative estimate of drug-likeness (QED) is 0.812. The summed E-state index contributed by atoms with van der Waals surface area (Å²) in [5.41, 5.74) is 2.22. The van der Waals surface area contributed by atoms with Gasteiger partial charge in [-0.05, 0) is 32.1 Å². The molecule has 0 bridgehead atoms. The zero-order valence-corrected chi connectivity index (χ0v) is 11.9. The third-order valence-corrected chi connectivity index (χ3v) is 2.17. The Balaban J connectivity index is 0.000000492. The van der Waals surface area contributed by atoms with Crippen LogP contribution in [0.1, 0.15) is 45.7 Å². The molecule has 4 heteroatoms. The maximum absolute atomic E-state index is 4.32. The molecule has 0 saturated carbocycles. The van der Waals surface area contributed by atoms with Gasteiger partial charge in [0.15, 0.2) is 0 Å². The average Bonchev–Trinajstić information content (AvgIpc) is 2.79. The van der Waals surface area contributed by atoms with E-state index in [-0.39, 0.29) is 6.04 Å². The number of tetrazole rings is 1. The molecule has 0 aliphatic rings. The molecule has 4 nitrogen and oxygen atoms in total. The molecule has 1 heterocycles. The molecule has 0 N–H and O–H groups in total. The van der Waals surface area contributed by atoms with Gasteiger partial charge in [-0.25, -0.2) is 0 Å². The number of hydrogen-bond acceptors (Lipinski definition) is 3. The van der Waals surface area contributed by atoms with Crippen LogP contribution in [0.5, 0.6) is 0 Å². The van der Waals surface area contributed by atoms with Gasteiger partial charge in [0.2, 0.25) is 5.82 Å². The van der Waals surface area contributed by atoms with Crippen LogP contribution >= 0.6 is 0 Å². The van der Waals surface area contributed by atoms with Gasteiger partial charge in [-0.3, -0.25) is 0 Å². The summed E-state index contributed by atoms with van der Waals surface area (Å²) in [4.78, 5) is 1.62. The number of rotatable bonds is 2. The van der Waals surface area contributed by atoms with E-state index in [1.807, 2.05) is 26.0 Å². The largest absolute Gasteiger partial charge is 0.204 e. The lowest BCUT2D eigenvalue weighted by molar-refractivity contribution is 0.455. The van der Waals surface area contributed by atoms with Crippen molar-refractivity contribution in [3.05, 3.63) is 29.8 Å². The Bertz CT molecular complexity index is 474. The molecular weight excluding hydrogens is 224 g/mol. The van der Waals surface area contributed by atoms with Gasteiger partial charge in [-0.2, -0.15) is 4.80 Å². The van der Waals surface area contributed by atoms with Crippen LogP contribution in [0.25, 0.3) is 11.4 Å². The monoisotopic (exact) mass is 246 g/mol. The highest BCUT2D eigenvalue weighted by molar-refractivity contribution is 5.54. The Hall–Kier alpha value is -1.71. The van der Waals surface area contributed by atoms with Crippen LogP contribution in [0.3, 0.4) is 0 Å². The van der Waals surface area contributed by atoms with Gasteiger partial charge in [0, 0.05) is 5.56 Å². The summed E-state index contributed by atoms with van der Waals surface area (Å²) in [7, 11) is 0. The molecule has 0 aliphatic heterocycles. The molecule has 2 aromatic rings. The average molecular weight is 246 g/mol. The van der Waals surface area contributed by atoms with Crippen molar-refractivity contribution in [2.75, 3.05) is 0 Å². The van der Waals surface area contributed by atoms with Crippen LogP contribution in [-0.4, -0.2) is 20.2 Å². The van der Waals surface area contributed by atoms with Crippen molar-refractivity contribution >= 4 is 0 Å². The second kappa shape index (κ2) is 6.89. The summed E-state index contributed by atoms with van der Waals surface area (Å²) in [5.74, 6) is 0.687. The first-order chi connectivity index (χ1) is 8.58. The lowest BCUT2D eigenvalue weighted by Gasteiger charge is -1.99. The topological polar surface area (TPSA) is 43.6 Å². The third kappa shape index (κ3) is 3.95. The number of benzene rings is 1. The first-order valence-corrected chi connectivity index (χ1v) is 6.45. The number of nitrogens with zero attached hydrogens (tertiary/aromatic N) is 4. The van der Waals surface area contributed by atoms with Gasteiger partial charge < -0.3 is 0 Å². The Morgan fingerprint density at radius 2 is 1.89 bits per heavy atom. The maximum Gasteiger partial charge on any atom is 0.204 e. The highest BCUT2D eigenvalue weighted by Crippen LogP contribution is 2.15. The number of hydrogen-bond donors (Lipinski definition) is 0. The van der Waals surface area contributed by atoms with Crippen LogP contribution in [0, 0.1) is 6.92 Å². The van der Waals surface area contributed by atoms with Gasteiger partial charge in [0.25, 0.3) is 0 Å². The maximum atomic E-state index is 4.32. The molecule has 0 fully saturated rings. The van der Waals surface area contributed by atoms with Gasteiger partial charge in [-0.1, -0.05) is 44.0 Å². The molecule has 1 aromatic carbocycles. The first-order valence-electron chi connectivity index (χ1n) is 6.45. The van der Waals surface area contributed by atoms with Crippen molar-refractivity contribution in [1.29, 1.82) is 0 Å². The van der Waals surface area contributed by atoms with E-state index >= 15 is 0 Å². The Morgan fingerprint density at radius 3 is 2.39 bits per heavy atom. The third-order valence-electron chi connectivity index (χ3n) is 2.17. The normalized spacial score (nSPS) is 10.1. The fourth-order valence-corrected chi connectivity index (χ4v) is 1.34. The van der Waals surface area contributed by atoms with E-state index in [2.05, 4.69) is 48.3 Å². The summed E-state index contributed by atoms with van der Waals surface area (Å²) in [6.45, 7) is 10.4. The number of aryl methyl sites for hydroxylation is 1. The summed E-state index contributed by atoms with van der Waals surface area (Å²) in [6.07, 6.45) is 1.25. The molecule has 0 aliphatic carbocycles. The molecule has 0 spiro atoms. The van der Waals surface area contributed by atoms with E-state index in [1.54, 1.807) is 4.80 Å². The standard InChI is InChI=1S/C11H14N4.C3H8/c1-8(2)15-13-11(12-14-15)10-6-4-5-9(3)7-10;1-3-2/h4-8H,1-3H3;3H2,1-2H3. The minimum Gasteiger partial charge on any atom is -0.161 e. The molecule has 18 heavy (non-hydrogen) atoms. The summed E-state index contributed by atoms with van der Waals surface area (Å²) >= 11 is 0. The molecule has 0 unspecified atom stereocenters. The van der Waals surface area contributed by atoms with Crippen molar-refractivity contribution in [2.24, 2.45) is 0 Å². The SMILES string of the molecule is CCC.Cc1cccc(-c2nnn(C(C)C)n2)c1. The van der Waals surface area contributed by atoms with Crippen LogP contribution in [0.2, 0.25) is 0 Å². The van der Waals surface area contributed by atoms with Crippen molar-refractivity contribution in [3.8, 4) is 11.4 Å². The Morgan fingerprint density at radius 1 is 1.22 bits per heavy atom. The van der Waals surface area contributed by atoms with Crippen molar-refractivity contribution in [1.82, 2.24) is 20.2 Å². The van der Waals surface area contributed by atoms with Gasteiger partial charge >= 0.3 is 0 Å². The minimum atomic E-state index is 0.246. The lowest BCUT2D eigenvalue weighted by atomic mass is 10.1. The zero-order valence-electron chi connectivity index (χ0n) is 11.9. The highest BCUT2D eigenvalue weighted by atomic mass is 15.6. The highest BCUT2D eigenvalue weighted by Gasteiger charge is 2.07. The molecule has 0 atom stereocenters. The smallest absolute Gasteiger partial charge is 0.161 e. The number of aromatic nitrogens is 4. The van der Waals surface area contributed by atoms with E-state index in [0.717, 1.165) is 5.56 Å². The fourth-order valence-electron chi connectivity index (χ4n) is 1.34. The van der Waals surface area contributed by atoms with Crippen LogP contribution in [-0.2, 0) is 0 Å². The van der Waals surface area contributed by atoms with E-state index < -0.39 is 0 Å². The first kappa shape index (κ1) is 14.4. The summed E-state index contributed by atoms with van der Waals surface area (Å²) < 4.78 is 0. The van der Waals surface area contributed by atoms with Crippen molar-refractivity contribution in [3.63, 3.8) is 0 Å². The van der Waals surface area contributed by atoms with Crippen molar-refractivity contribution < 1.29 is 0 Å². The molecule has 98 valence electrons. The summed E-state index contributed by atoms with van der Waals surface area (Å²) in [6, 6.07) is 8.35. The molecule has 2 rings (SSSR count). The van der Waals surface area contributed by atoms with E-state index in [4.69, 9.17) is 0 Å². The second-order valence-electron chi connectivity index (χ2n) is 4.60. The van der Waals surface area contributed by atoms with Crippen molar-refractivity contribution in [2.45, 2.75) is 47.1 Å². The Labute approximate surface area is 109 Å². The Kier molecular flexibility index (Phi) is 5.49. The predicted molar refractivity (Wildman–Crippen MR) is 74.3 cm³/mol. The minimum absolute atomic E-state index is 0.246. The second-order valence-corrected chi connectivity index (χ2v) is 4.60. The molecule has 0 radical (unpaired) electrons. The lowest BCUT2D eigenvalue weighted by Crippen LogP contribution is -2.04. The van der Waals surface area contributed by atoms with E-state index in [0.29, 0.717) is 5.82 Å². The van der Waals surface area contributed by atoms with E-state index in [9.17, 15) is 0 Å². The van der Waals surface area contributed by atoms with Gasteiger partial charge in [-0.15, -0.1) is 10.2 Å². The summed E-state index contributed by atoms with van der Waals surface area (Å²) in [5, 5.41) is 12.3. The molecule has 0 saturated heterocycles. The van der Waals surface area contributed by atoms with E-state index in [1.165, 1.54) is 12.0 Å².